The number of fused-ring (bicyclic) bond motifs is 1. The highest BCUT2D eigenvalue weighted by Gasteiger charge is 2.41. The molecule has 0 bridgehead atoms. The smallest absolute Gasteiger partial charge is 0.138 e. The molecule has 1 heterocycles. The summed E-state index contributed by atoms with van der Waals surface area (Å²) in [7, 11) is 0. The van der Waals surface area contributed by atoms with Crippen LogP contribution in [0.4, 0.5) is 0 Å². The molecule has 3 rings (SSSR count). The number of hydrogen-bond donors (Lipinski definition) is 1. The number of hydrogen-bond acceptors (Lipinski definition) is 2. The highest BCUT2D eigenvalue weighted by atomic mass is 35.5. The molecule has 1 saturated carbocycles. The molecule has 2 nitrogen and oxygen atoms in total. The summed E-state index contributed by atoms with van der Waals surface area (Å²) in [6.07, 6.45) is 4.22. The maximum Gasteiger partial charge on any atom is 0.138 e. The van der Waals surface area contributed by atoms with Crippen molar-refractivity contribution in [3.63, 3.8) is 0 Å². The zero-order chi connectivity index (χ0) is 11.7. The number of carbonyl (C=O) groups excluding carboxylic acids is 1. The zero-order valence-electron chi connectivity index (χ0n) is 10.5. The SMILES string of the molecule is Cl.O=C1CCCC[C@H]2NC[C@@H](c3ccccc3)[C@H]12. The second kappa shape index (κ2) is 5.85. The number of Topliss-reactive ketones (excluding diaryl/α,β-unsaturated/α-hetero) is 1. The number of nitrogens with one attached hydrogen (secondary N) is 1. The van der Waals surface area contributed by atoms with Gasteiger partial charge in [-0.1, -0.05) is 36.8 Å². The first-order valence-corrected chi connectivity index (χ1v) is 6.67. The predicted octanol–water partition coefficient (Wildman–Crippen LogP) is 2.92. The molecule has 3 atom stereocenters. The van der Waals surface area contributed by atoms with Crippen molar-refractivity contribution in [2.75, 3.05) is 6.54 Å². The molecule has 2 aliphatic rings. The molecule has 0 aromatic heterocycles. The molecule has 1 aliphatic heterocycles. The van der Waals surface area contributed by atoms with Crippen molar-refractivity contribution >= 4 is 18.2 Å². The fourth-order valence-corrected chi connectivity index (χ4v) is 3.40. The van der Waals surface area contributed by atoms with Crippen LogP contribution in [0.3, 0.4) is 0 Å². The molecule has 1 aliphatic carbocycles. The van der Waals surface area contributed by atoms with Gasteiger partial charge in [-0.05, 0) is 18.4 Å². The summed E-state index contributed by atoms with van der Waals surface area (Å²) in [5.41, 5.74) is 1.32. The first-order valence-electron chi connectivity index (χ1n) is 6.67. The third-order valence-electron chi connectivity index (χ3n) is 4.25. The first-order chi connectivity index (χ1) is 8.36. The fraction of sp³-hybridized carbons (Fsp3) is 0.533. The fourth-order valence-electron chi connectivity index (χ4n) is 3.40. The van der Waals surface area contributed by atoms with E-state index in [1.807, 2.05) is 6.07 Å². The Kier molecular flexibility index (Phi) is 4.41. The molecule has 1 saturated heterocycles. The lowest BCUT2D eigenvalue weighted by atomic mass is 9.82. The molecule has 0 spiro atoms. The molecule has 0 unspecified atom stereocenters. The summed E-state index contributed by atoms with van der Waals surface area (Å²) < 4.78 is 0. The second-order valence-electron chi connectivity index (χ2n) is 5.27. The van der Waals surface area contributed by atoms with Crippen molar-refractivity contribution in [3.8, 4) is 0 Å². The summed E-state index contributed by atoms with van der Waals surface area (Å²) in [6.45, 7) is 0.963. The highest BCUT2D eigenvalue weighted by Crippen LogP contribution is 2.37. The Morgan fingerprint density at radius 1 is 1.11 bits per heavy atom. The quantitative estimate of drug-likeness (QED) is 0.846. The minimum atomic E-state index is 0. The van der Waals surface area contributed by atoms with Crippen molar-refractivity contribution in [1.82, 2.24) is 5.32 Å². The summed E-state index contributed by atoms with van der Waals surface area (Å²) in [5, 5.41) is 3.56. The van der Waals surface area contributed by atoms with Gasteiger partial charge >= 0.3 is 0 Å². The first kappa shape index (κ1) is 13.6. The van der Waals surface area contributed by atoms with E-state index in [1.54, 1.807) is 0 Å². The molecular weight excluding hydrogens is 246 g/mol. The average Bonchev–Trinajstić information content (AvgIpc) is 2.71. The molecule has 0 radical (unpaired) electrons. The Balaban J connectivity index is 0.00000120. The second-order valence-corrected chi connectivity index (χ2v) is 5.27. The monoisotopic (exact) mass is 265 g/mol. The maximum atomic E-state index is 12.2. The average molecular weight is 266 g/mol. The van der Waals surface area contributed by atoms with E-state index in [2.05, 4.69) is 29.6 Å². The Bertz CT molecular complexity index is 406. The Morgan fingerprint density at radius 2 is 1.89 bits per heavy atom. The molecule has 98 valence electrons. The van der Waals surface area contributed by atoms with Gasteiger partial charge in [-0.3, -0.25) is 4.79 Å². The predicted molar refractivity (Wildman–Crippen MR) is 75.2 cm³/mol. The number of rotatable bonds is 1. The van der Waals surface area contributed by atoms with Crippen LogP contribution in [0.25, 0.3) is 0 Å². The van der Waals surface area contributed by atoms with Gasteiger partial charge in [-0.15, -0.1) is 12.4 Å². The lowest BCUT2D eigenvalue weighted by Gasteiger charge is -2.20. The van der Waals surface area contributed by atoms with Crippen molar-refractivity contribution in [1.29, 1.82) is 0 Å². The van der Waals surface area contributed by atoms with E-state index < -0.39 is 0 Å². The lowest BCUT2D eigenvalue weighted by molar-refractivity contribution is -0.123. The third kappa shape index (κ3) is 2.45. The minimum Gasteiger partial charge on any atom is -0.313 e. The van der Waals surface area contributed by atoms with Crippen molar-refractivity contribution in [2.24, 2.45) is 5.92 Å². The van der Waals surface area contributed by atoms with E-state index in [4.69, 9.17) is 0 Å². The highest BCUT2D eigenvalue weighted by molar-refractivity contribution is 5.85. The van der Waals surface area contributed by atoms with Crippen LogP contribution in [-0.2, 0) is 4.79 Å². The van der Waals surface area contributed by atoms with Gasteiger partial charge in [0.15, 0.2) is 0 Å². The molecule has 1 aromatic rings. The molecule has 3 heteroatoms. The molecule has 1 aromatic carbocycles. The van der Waals surface area contributed by atoms with Crippen LogP contribution in [-0.4, -0.2) is 18.4 Å². The van der Waals surface area contributed by atoms with Crippen LogP contribution in [0.5, 0.6) is 0 Å². The van der Waals surface area contributed by atoms with Gasteiger partial charge in [-0.25, -0.2) is 0 Å². The van der Waals surface area contributed by atoms with Crippen LogP contribution in [0, 0.1) is 5.92 Å². The van der Waals surface area contributed by atoms with Crippen molar-refractivity contribution in [2.45, 2.75) is 37.6 Å². The summed E-state index contributed by atoms with van der Waals surface area (Å²) in [5.74, 6) is 1.10. The molecule has 0 amide bonds. The van der Waals surface area contributed by atoms with Gasteiger partial charge in [0.05, 0.1) is 0 Å². The van der Waals surface area contributed by atoms with E-state index in [1.165, 1.54) is 18.4 Å². The van der Waals surface area contributed by atoms with Crippen LogP contribution in [0.1, 0.15) is 37.2 Å². The lowest BCUT2D eigenvalue weighted by Crippen LogP contribution is -2.30. The standard InChI is InChI=1S/C15H19NO.ClH/c17-14-9-5-4-8-13-15(14)12(10-16-13)11-6-2-1-3-7-11;/h1-3,6-7,12-13,15-16H,4-5,8-10H2;1H/t12-,13+,15-;/m0./s1. The van der Waals surface area contributed by atoms with E-state index in [0.717, 1.165) is 19.4 Å². The zero-order valence-corrected chi connectivity index (χ0v) is 11.3. The summed E-state index contributed by atoms with van der Waals surface area (Å²) in [6, 6.07) is 10.9. The van der Waals surface area contributed by atoms with Gasteiger partial charge in [-0.2, -0.15) is 0 Å². The molecule has 2 fully saturated rings. The van der Waals surface area contributed by atoms with Gasteiger partial charge in [0, 0.05) is 30.8 Å². The van der Waals surface area contributed by atoms with Crippen LogP contribution >= 0.6 is 12.4 Å². The van der Waals surface area contributed by atoms with Crippen LogP contribution < -0.4 is 5.32 Å². The van der Waals surface area contributed by atoms with Crippen molar-refractivity contribution in [3.05, 3.63) is 35.9 Å². The van der Waals surface area contributed by atoms with Gasteiger partial charge < -0.3 is 5.32 Å². The van der Waals surface area contributed by atoms with Gasteiger partial charge in [0.1, 0.15) is 5.78 Å². The van der Waals surface area contributed by atoms with E-state index in [9.17, 15) is 4.79 Å². The molecular formula is C15H20ClNO. The van der Waals surface area contributed by atoms with E-state index >= 15 is 0 Å². The van der Waals surface area contributed by atoms with Gasteiger partial charge in [0.25, 0.3) is 0 Å². The number of benzene rings is 1. The third-order valence-corrected chi connectivity index (χ3v) is 4.25. The molecule has 18 heavy (non-hydrogen) atoms. The molecule has 1 N–H and O–H groups in total. The summed E-state index contributed by atoms with van der Waals surface area (Å²) >= 11 is 0. The Labute approximate surface area is 115 Å². The minimum absolute atomic E-state index is 0. The van der Waals surface area contributed by atoms with Crippen LogP contribution in [0.2, 0.25) is 0 Å². The number of halogens is 1. The van der Waals surface area contributed by atoms with E-state index in [-0.39, 0.29) is 18.3 Å². The Morgan fingerprint density at radius 3 is 2.67 bits per heavy atom. The maximum absolute atomic E-state index is 12.2. The normalized spacial score (nSPS) is 31.3. The van der Waals surface area contributed by atoms with Crippen molar-refractivity contribution < 1.29 is 4.79 Å². The topological polar surface area (TPSA) is 29.1 Å². The summed E-state index contributed by atoms with van der Waals surface area (Å²) in [4.78, 5) is 12.2. The van der Waals surface area contributed by atoms with Gasteiger partial charge in [0.2, 0.25) is 0 Å². The Hall–Kier alpha value is -0.860. The van der Waals surface area contributed by atoms with E-state index in [0.29, 0.717) is 17.7 Å². The number of ketones is 1. The van der Waals surface area contributed by atoms with Crippen LogP contribution in [0.15, 0.2) is 30.3 Å². The largest absolute Gasteiger partial charge is 0.313 e. The number of carbonyl (C=O) groups is 1.